The molecule has 1 heterocycles. The number of carbonyl (C=O) groups excluding carboxylic acids is 1. The van der Waals surface area contributed by atoms with Gasteiger partial charge < -0.3 is 5.32 Å². The van der Waals surface area contributed by atoms with Gasteiger partial charge in [0.05, 0.1) is 10.2 Å². The summed E-state index contributed by atoms with van der Waals surface area (Å²) in [5.41, 5.74) is 1.61. The van der Waals surface area contributed by atoms with E-state index in [2.05, 4.69) is 26.2 Å². The molecule has 1 aromatic heterocycles. The molecule has 2 aromatic rings. The van der Waals surface area contributed by atoms with Crippen molar-refractivity contribution in [3.8, 4) is 0 Å². The van der Waals surface area contributed by atoms with E-state index in [1.807, 2.05) is 19.1 Å². The van der Waals surface area contributed by atoms with Crippen LogP contribution in [-0.2, 0) is 0 Å². The second-order valence-corrected chi connectivity index (χ2v) is 5.71. The average Bonchev–Trinajstić information content (AvgIpc) is 2.64. The first-order valence-corrected chi connectivity index (χ1v) is 6.66. The lowest BCUT2D eigenvalue weighted by Crippen LogP contribution is -2.23. The molecule has 0 bridgehead atoms. The number of benzene rings is 1. The normalized spacial score (nSPS) is 10.6. The molecule has 0 atom stereocenters. The van der Waals surface area contributed by atoms with Crippen molar-refractivity contribution in [2.45, 2.75) is 13.3 Å². The molecule has 0 spiro atoms. The van der Waals surface area contributed by atoms with E-state index >= 15 is 0 Å². The van der Waals surface area contributed by atoms with Crippen molar-refractivity contribution in [1.82, 2.24) is 10.3 Å². The second-order valence-electron chi connectivity index (χ2n) is 3.41. The molecular weight excluding hydrogens is 288 g/mol. The third kappa shape index (κ3) is 2.41. The van der Waals surface area contributed by atoms with Crippen molar-refractivity contribution >= 4 is 43.4 Å². The molecule has 0 saturated heterocycles. The van der Waals surface area contributed by atoms with Crippen LogP contribution in [0, 0.1) is 0 Å². The summed E-state index contributed by atoms with van der Waals surface area (Å²) in [6.45, 7) is 2.74. The molecule has 2 rings (SSSR count). The highest BCUT2D eigenvalue weighted by atomic mass is 79.9. The molecule has 16 heavy (non-hydrogen) atoms. The van der Waals surface area contributed by atoms with Crippen LogP contribution in [0.4, 0.5) is 0 Å². The number of thiazole rings is 1. The molecule has 5 heteroatoms. The molecular formula is C11H11BrN2OS. The van der Waals surface area contributed by atoms with E-state index < -0.39 is 0 Å². The van der Waals surface area contributed by atoms with Gasteiger partial charge in [-0.15, -0.1) is 11.3 Å². The summed E-state index contributed by atoms with van der Waals surface area (Å²) >= 11 is 4.87. The molecule has 0 saturated carbocycles. The Hall–Kier alpha value is -0.940. The molecule has 0 aliphatic carbocycles. The minimum Gasteiger partial charge on any atom is -0.352 e. The SMILES string of the molecule is CCCNC(=O)c1ccc2nc(Br)sc2c1. The van der Waals surface area contributed by atoms with Crippen molar-refractivity contribution in [2.24, 2.45) is 0 Å². The lowest BCUT2D eigenvalue weighted by atomic mass is 10.2. The zero-order valence-electron chi connectivity index (χ0n) is 8.79. The monoisotopic (exact) mass is 298 g/mol. The zero-order valence-corrected chi connectivity index (χ0v) is 11.2. The van der Waals surface area contributed by atoms with Gasteiger partial charge in [-0.1, -0.05) is 6.92 Å². The molecule has 0 aliphatic heterocycles. The number of hydrogen-bond donors (Lipinski definition) is 1. The van der Waals surface area contributed by atoms with Gasteiger partial charge in [0, 0.05) is 12.1 Å². The van der Waals surface area contributed by atoms with Crippen LogP contribution in [0.3, 0.4) is 0 Å². The molecule has 1 amide bonds. The lowest BCUT2D eigenvalue weighted by Gasteiger charge is -2.02. The van der Waals surface area contributed by atoms with Crippen LogP contribution in [0.5, 0.6) is 0 Å². The lowest BCUT2D eigenvalue weighted by molar-refractivity contribution is 0.0954. The van der Waals surface area contributed by atoms with E-state index in [1.165, 1.54) is 11.3 Å². The van der Waals surface area contributed by atoms with Gasteiger partial charge in [0.1, 0.15) is 0 Å². The number of nitrogens with zero attached hydrogens (tertiary/aromatic N) is 1. The number of nitrogens with one attached hydrogen (secondary N) is 1. The largest absolute Gasteiger partial charge is 0.352 e. The molecule has 3 nitrogen and oxygen atoms in total. The molecule has 0 aliphatic rings. The van der Waals surface area contributed by atoms with Crippen LogP contribution >= 0.6 is 27.3 Å². The summed E-state index contributed by atoms with van der Waals surface area (Å²) < 4.78 is 1.87. The molecule has 84 valence electrons. The Balaban J connectivity index is 2.28. The summed E-state index contributed by atoms with van der Waals surface area (Å²) in [5, 5.41) is 2.85. The van der Waals surface area contributed by atoms with Crippen LogP contribution in [0.1, 0.15) is 23.7 Å². The fourth-order valence-electron chi connectivity index (χ4n) is 1.38. The van der Waals surface area contributed by atoms with Crippen molar-refractivity contribution in [1.29, 1.82) is 0 Å². The minimum absolute atomic E-state index is 0.0201. The van der Waals surface area contributed by atoms with E-state index in [9.17, 15) is 4.79 Å². The Morgan fingerprint density at radius 3 is 3.12 bits per heavy atom. The van der Waals surface area contributed by atoms with E-state index in [1.54, 1.807) is 6.07 Å². The Labute approximate surface area is 106 Å². The van der Waals surface area contributed by atoms with Crippen LogP contribution in [0.15, 0.2) is 22.1 Å². The molecule has 0 radical (unpaired) electrons. The van der Waals surface area contributed by atoms with Gasteiger partial charge >= 0.3 is 0 Å². The van der Waals surface area contributed by atoms with E-state index in [4.69, 9.17) is 0 Å². The smallest absolute Gasteiger partial charge is 0.251 e. The van der Waals surface area contributed by atoms with Crippen molar-refractivity contribution in [3.05, 3.63) is 27.7 Å². The maximum atomic E-state index is 11.7. The highest BCUT2D eigenvalue weighted by Crippen LogP contribution is 2.26. The fourth-order valence-corrected chi connectivity index (χ4v) is 2.82. The van der Waals surface area contributed by atoms with Gasteiger partial charge in [-0.2, -0.15) is 0 Å². The average molecular weight is 299 g/mol. The van der Waals surface area contributed by atoms with Crippen LogP contribution in [0.2, 0.25) is 0 Å². The van der Waals surface area contributed by atoms with E-state index in [0.29, 0.717) is 12.1 Å². The van der Waals surface area contributed by atoms with Gasteiger partial charge in [-0.05, 0) is 40.5 Å². The summed E-state index contributed by atoms with van der Waals surface area (Å²) in [6.07, 6.45) is 0.945. The third-order valence-corrected chi connectivity index (χ3v) is 3.63. The number of rotatable bonds is 3. The number of amides is 1. The number of carbonyl (C=O) groups is 1. The van der Waals surface area contributed by atoms with Crippen molar-refractivity contribution in [3.63, 3.8) is 0 Å². The third-order valence-electron chi connectivity index (χ3n) is 2.16. The van der Waals surface area contributed by atoms with Gasteiger partial charge in [0.25, 0.3) is 5.91 Å². The first kappa shape index (κ1) is 11.5. The van der Waals surface area contributed by atoms with Gasteiger partial charge in [-0.3, -0.25) is 4.79 Å². The number of halogens is 1. The quantitative estimate of drug-likeness (QED) is 0.945. The predicted molar refractivity (Wildman–Crippen MR) is 69.9 cm³/mol. The second kappa shape index (κ2) is 4.93. The van der Waals surface area contributed by atoms with E-state index in [-0.39, 0.29) is 5.91 Å². The molecule has 0 fully saturated rings. The van der Waals surface area contributed by atoms with Crippen LogP contribution in [-0.4, -0.2) is 17.4 Å². The van der Waals surface area contributed by atoms with Gasteiger partial charge in [0.2, 0.25) is 0 Å². The maximum Gasteiger partial charge on any atom is 0.251 e. The fraction of sp³-hybridized carbons (Fsp3) is 0.273. The first-order chi connectivity index (χ1) is 7.70. The summed E-state index contributed by atoms with van der Waals surface area (Å²) in [4.78, 5) is 16.0. The molecule has 1 N–H and O–H groups in total. The molecule has 0 unspecified atom stereocenters. The number of aromatic nitrogens is 1. The van der Waals surface area contributed by atoms with Crippen molar-refractivity contribution in [2.75, 3.05) is 6.54 Å². The minimum atomic E-state index is -0.0201. The van der Waals surface area contributed by atoms with Gasteiger partial charge in [-0.25, -0.2) is 4.98 Å². The highest BCUT2D eigenvalue weighted by molar-refractivity contribution is 9.11. The summed E-state index contributed by atoms with van der Waals surface area (Å²) in [7, 11) is 0. The van der Waals surface area contributed by atoms with Crippen LogP contribution < -0.4 is 5.32 Å². The maximum absolute atomic E-state index is 11.7. The van der Waals surface area contributed by atoms with Crippen molar-refractivity contribution < 1.29 is 4.79 Å². The standard InChI is InChI=1S/C11H11BrN2OS/c1-2-5-13-10(15)7-3-4-8-9(6-7)16-11(12)14-8/h3-4,6H,2,5H2,1H3,(H,13,15). The summed E-state index contributed by atoms with van der Waals surface area (Å²) in [6, 6.07) is 5.56. The first-order valence-electron chi connectivity index (χ1n) is 5.05. The zero-order chi connectivity index (χ0) is 11.5. The molecule has 1 aromatic carbocycles. The predicted octanol–water partition coefficient (Wildman–Crippen LogP) is 3.20. The van der Waals surface area contributed by atoms with Gasteiger partial charge in [0.15, 0.2) is 3.92 Å². The topological polar surface area (TPSA) is 42.0 Å². The Morgan fingerprint density at radius 1 is 1.56 bits per heavy atom. The Morgan fingerprint density at radius 2 is 2.38 bits per heavy atom. The number of hydrogen-bond acceptors (Lipinski definition) is 3. The van der Waals surface area contributed by atoms with E-state index in [0.717, 1.165) is 20.6 Å². The van der Waals surface area contributed by atoms with Crippen LogP contribution in [0.25, 0.3) is 10.2 Å². The summed E-state index contributed by atoms with van der Waals surface area (Å²) in [5.74, 6) is -0.0201. The number of fused-ring (bicyclic) bond motifs is 1. The Bertz CT molecular complexity index is 524. The Kier molecular flexibility index (Phi) is 3.56. The highest BCUT2D eigenvalue weighted by Gasteiger charge is 2.07.